The molecule has 0 amide bonds. The summed E-state index contributed by atoms with van der Waals surface area (Å²) in [5, 5.41) is 0. The van der Waals surface area contributed by atoms with Gasteiger partial charge in [0.1, 0.15) is 0 Å². The Kier molecular flexibility index (Phi) is 16.2. The lowest BCUT2D eigenvalue weighted by molar-refractivity contribution is -0.475. The molecule has 150 valence electrons. The van der Waals surface area contributed by atoms with E-state index in [1.165, 1.54) is 95.9 Å². The highest BCUT2D eigenvalue weighted by molar-refractivity contribution is 5.74. The maximum atomic E-state index is 2.38. The molecule has 0 aliphatic rings. The summed E-state index contributed by atoms with van der Waals surface area (Å²) in [5.74, 6) is 1.29. The third-order valence-electron chi connectivity index (χ3n) is 4.99. The zero-order chi connectivity index (χ0) is 18.9. The molecule has 0 aliphatic carbocycles. The van der Waals surface area contributed by atoms with E-state index in [1.54, 1.807) is 0 Å². The lowest BCUT2D eigenvalue weighted by Gasteiger charge is -2.21. The Balaban J connectivity index is 3.41. The first kappa shape index (κ1) is 24.3. The van der Waals surface area contributed by atoms with E-state index in [1.807, 2.05) is 0 Å². The summed E-state index contributed by atoms with van der Waals surface area (Å²) in [6.07, 6.45) is 20.0. The fourth-order valence-electron chi connectivity index (χ4n) is 3.73. The van der Waals surface area contributed by atoms with E-state index < -0.39 is 0 Å². The van der Waals surface area contributed by atoms with Gasteiger partial charge in [0.2, 0.25) is 0 Å². The maximum absolute atomic E-state index is 2.38. The Bertz CT molecular complexity index is 319. The number of guanidine groups is 1. The van der Waals surface area contributed by atoms with Gasteiger partial charge in [-0.15, -0.1) is 0 Å². The van der Waals surface area contributed by atoms with Gasteiger partial charge in [-0.25, -0.2) is 0 Å². The van der Waals surface area contributed by atoms with Crippen molar-refractivity contribution in [3.05, 3.63) is 0 Å². The van der Waals surface area contributed by atoms with Crippen molar-refractivity contribution in [2.45, 2.75) is 96.8 Å². The van der Waals surface area contributed by atoms with Crippen LogP contribution >= 0.6 is 0 Å². The predicted molar refractivity (Wildman–Crippen MR) is 114 cm³/mol. The molecule has 3 heteroatoms. The van der Waals surface area contributed by atoms with Crippen molar-refractivity contribution in [2.24, 2.45) is 0 Å². The molecule has 0 rings (SSSR count). The molecule has 0 atom stereocenters. The van der Waals surface area contributed by atoms with Crippen molar-refractivity contribution in [3.63, 3.8) is 0 Å². The van der Waals surface area contributed by atoms with Crippen LogP contribution in [0.25, 0.3) is 0 Å². The molecule has 0 heterocycles. The second-order valence-electron chi connectivity index (χ2n) is 8.11. The van der Waals surface area contributed by atoms with Crippen LogP contribution in [0.4, 0.5) is 0 Å². The summed E-state index contributed by atoms with van der Waals surface area (Å²) in [5.41, 5.74) is 0. The molecule has 0 spiro atoms. The van der Waals surface area contributed by atoms with Gasteiger partial charge in [-0.3, -0.25) is 14.4 Å². The summed E-state index contributed by atoms with van der Waals surface area (Å²) < 4.78 is 2.20. The summed E-state index contributed by atoms with van der Waals surface area (Å²) >= 11 is 0. The molecule has 0 saturated carbocycles. The summed E-state index contributed by atoms with van der Waals surface area (Å²) in [4.78, 5) is 4.57. The van der Waals surface area contributed by atoms with Crippen molar-refractivity contribution in [3.8, 4) is 0 Å². The van der Waals surface area contributed by atoms with Gasteiger partial charge in [0, 0.05) is 0 Å². The van der Waals surface area contributed by atoms with E-state index in [0.29, 0.717) is 0 Å². The Labute approximate surface area is 159 Å². The first-order valence-electron chi connectivity index (χ1n) is 10.9. The molecule has 0 aromatic rings. The van der Waals surface area contributed by atoms with Gasteiger partial charge in [0.25, 0.3) is 0 Å². The first-order valence-corrected chi connectivity index (χ1v) is 10.9. The van der Waals surface area contributed by atoms with Crippen molar-refractivity contribution < 1.29 is 4.58 Å². The first-order chi connectivity index (χ1) is 12.0. The SMILES string of the molecule is CCCCCCCCCCCCCCCCN(C)C(N(C)C)=[N+](C)C. The second-order valence-corrected chi connectivity index (χ2v) is 8.11. The average Bonchev–Trinajstić information content (AvgIpc) is 2.54. The molecule has 0 radical (unpaired) electrons. The fraction of sp³-hybridized carbons (Fsp3) is 0.955. The number of nitrogens with zero attached hydrogens (tertiary/aromatic N) is 3. The molecule has 0 saturated heterocycles. The van der Waals surface area contributed by atoms with Gasteiger partial charge in [0.05, 0.1) is 41.8 Å². The summed E-state index contributed by atoms with van der Waals surface area (Å²) in [6.45, 7) is 3.45. The number of unbranched alkanes of at least 4 members (excludes halogenated alkanes) is 13. The average molecular weight is 355 g/mol. The quantitative estimate of drug-likeness (QED) is 0.164. The lowest BCUT2D eigenvalue weighted by atomic mass is 10.0. The minimum Gasteiger partial charge on any atom is -0.270 e. The highest BCUT2D eigenvalue weighted by Crippen LogP contribution is 2.13. The third kappa shape index (κ3) is 14.2. The van der Waals surface area contributed by atoms with Crippen molar-refractivity contribution >= 4 is 5.96 Å². The standard InChI is InChI=1S/C22H48N3/c1-7-8-9-10-11-12-13-14-15-16-17-18-19-20-21-25(6)22(23(2)3)24(4)5/h7-21H2,1-6H3/q+1. The number of hydrogen-bond donors (Lipinski definition) is 0. The lowest BCUT2D eigenvalue weighted by Crippen LogP contribution is -2.43. The highest BCUT2D eigenvalue weighted by Gasteiger charge is 2.17. The smallest absolute Gasteiger partial charge is 0.270 e. The zero-order valence-corrected chi connectivity index (χ0v) is 18.4. The van der Waals surface area contributed by atoms with Crippen LogP contribution in [0.15, 0.2) is 0 Å². The maximum Gasteiger partial charge on any atom is 0.349 e. The molecule has 0 fully saturated rings. The highest BCUT2D eigenvalue weighted by atomic mass is 15.4. The third-order valence-corrected chi connectivity index (χ3v) is 4.99. The van der Waals surface area contributed by atoms with Crippen molar-refractivity contribution in [2.75, 3.05) is 41.8 Å². The number of rotatable bonds is 15. The molecular weight excluding hydrogens is 306 g/mol. The van der Waals surface area contributed by atoms with Gasteiger partial charge in [-0.05, 0) is 6.42 Å². The van der Waals surface area contributed by atoms with Gasteiger partial charge in [-0.2, -0.15) is 0 Å². The fourth-order valence-corrected chi connectivity index (χ4v) is 3.73. The van der Waals surface area contributed by atoms with E-state index in [9.17, 15) is 0 Å². The Morgan fingerprint density at radius 2 is 0.960 bits per heavy atom. The monoisotopic (exact) mass is 354 g/mol. The molecule has 3 nitrogen and oxygen atoms in total. The van der Waals surface area contributed by atoms with Crippen LogP contribution in [0.5, 0.6) is 0 Å². The Hall–Kier alpha value is -0.730. The van der Waals surface area contributed by atoms with Crippen LogP contribution in [0.1, 0.15) is 96.8 Å². The van der Waals surface area contributed by atoms with Crippen LogP contribution in [0.2, 0.25) is 0 Å². The molecule has 0 unspecified atom stereocenters. The molecule has 0 aromatic carbocycles. The van der Waals surface area contributed by atoms with Gasteiger partial charge < -0.3 is 0 Å². The van der Waals surface area contributed by atoms with Crippen molar-refractivity contribution in [1.82, 2.24) is 9.80 Å². The minimum absolute atomic E-state index is 1.16. The van der Waals surface area contributed by atoms with Gasteiger partial charge in [-0.1, -0.05) is 90.4 Å². The molecular formula is C22H48N3+. The molecule has 0 aliphatic heterocycles. The van der Waals surface area contributed by atoms with Crippen LogP contribution in [0, 0.1) is 0 Å². The van der Waals surface area contributed by atoms with Crippen LogP contribution in [0.3, 0.4) is 0 Å². The molecule has 25 heavy (non-hydrogen) atoms. The van der Waals surface area contributed by atoms with Crippen LogP contribution in [-0.4, -0.2) is 62.1 Å². The van der Waals surface area contributed by atoms with E-state index in [4.69, 9.17) is 0 Å². The largest absolute Gasteiger partial charge is 0.349 e. The molecule has 0 N–H and O–H groups in total. The molecule has 0 bridgehead atoms. The zero-order valence-electron chi connectivity index (χ0n) is 18.4. The Morgan fingerprint density at radius 1 is 0.600 bits per heavy atom. The summed E-state index contributed by atoms with van der Waals surface area (Å²) in [7, 11) is 10.7. The van der Waals surface area contributed by atoms with E-state index in [2.05, 4.69) is 56.5 Å². The van der Waals surface area contributed by atoms with E-state index in [-0.39, 0.29) is 0 Å². The second kappa shape index (κ2) is 16.7. The van der Waals surface area contributed by atoms with Gasteiger partial charge in [0.15, 0.2) is 0 Å². The Morgan fingerprint density at radius 3 is 1.28 bits per heavy atom. The van der Waals surface area contributed by atoms with Crippen molar-refractivity contribution in [1.29, 1.82) is 0 Å². The predicted octanol–water partition coefficient (Wildman–Crippen LogP) is 5.59. The van der Waals surface area contributed by atoms with Gasteiger partial charge >= 0.3 is 5.96 Å². The topological polar surface area (TPSA) is 9.49 Å². The van der Waals surface area contributed by atoms with E-state index >= 15 is 0 Å². The van der Waals surface area contributed by atoms with E-state index in [0.717, 1.165) is 6.54 Å². The molecule has 0 aromatic heterocycles. The summed E-state index contributed by atoms with van der Waals surface area (Å²) in [6, 6.07) is 0. The van der Waals surface area contributed by atoms with Crippen LogP contribution < -0.4 is 0 Å². The normalized spacial score (nSPS) is 10.8. The van der Waals surface area contributed by atoms with Crippen LogP contribution in [-0.2, 0) is 0 Å². The minimum atomic E-state index is 1.16. The number of hydrogen-bond acceptors (Lipinski definition) is 0.